The third-order valence-corrected chi connectivity index (χ3v) is 1.50. The van der Waals surface area contributed by atoms with Crippen molar-refractivity contribution in [3.05, 3.63) is 24.3 Å². The number of alkyl halides is 5. The summed E-state index contributed by atoms with van der Waals surface area (Å²) in [6.45, 7) is 0. The minimum Gasteiger partial charge on any atom is -0.508 e. The Kier molecular flexibility index (Phi) is 2.74. The molecule has 1 rings (SSSR count). The van der Waals surface area contributed by atoms with Gasteiger partial charge in [-0.3, -0.25) is 0 Å². The topological polar surface area (TPSA) is 32.3 Å². The quantitative estimate of drug-likeness (QED) is 0.601. The van der Waals surface area contributed by atoms with Gasteiger partial charge in [-0.05, 0) is 12.1 Å². The first-order valence-electron chi connectivity index (χ1n) is 3.74. The van der Waals surface area contributed by atoms with Crippen LogP contribution in [-0.4, -0.2) is 17.3 Å². The molecule has 0 unspecified atom stereocenters. The van der Waals surface area contributed by atoms with Gasteiger partial charge in [0.2, 0.25) is 0 Å². The lowest BCUT2D eigenvalue weighted by Gasteiger charge is -2.21. The Morgan fingerprint density at radius 3 is 2.13 bits per heavy atom. The summed E-state index contributed by atoms with van der Waals surface area (Å²) in [7, 11) is 0. The molecule has 0 aliphatic rings. The van der Waals surface area contributed by atoms with E-state index in [1.54, 1.807) is 0 Å². The van der Waals surface area contributed by atoms with Crippen LogP contribution in [0.4, 0.5) is 27.6 Å². The van der Waals surface area contributed by atoms with Crippen molar-refractivity contribution >= 4 is 5.69 Å². The van der Waals surface area contributed by atoms with E-state index < -0.39 is 23.7 Å². The van der Waals surface area contributed by atoms with Gasteiger partial charge >= 0.3 is 12.2 Å². The molecule has 84 valence electrons. The van der Waals surface area contributed by atoms with Crippen LogP contribution in [0.5, 0.6) is 5.75 Å². The van der Waals surface area contributed by atoms with Crippen LogP contribution < -0.4 is 5.32 Å². The zero-order chi connectivity index (χ0) is 11.7. The van der Waals surface area contributed by atoms with Crippen LogP contribution >= 0.6 is 0 Å². The molecule has 0 radical (unpaired) electrons. The summed E-state index contributed by atoms with van der Waals surface area (Å²) in [5.74, 6) is -0.405. The maximum atomic E-state index is 12.4. The lowest BCUT2D eigenvalue weighted by atomic mass is 10.3. The average Bonchev–Trinajstić information content (AvgIpc) is 2.00. The Balaban J connectivity index is 2.87. The molecule has 0 fully saturated rings. The Morgan fingerprint density at radius 1 is 1.07 bits per heavy atom. The second kappa shape index (κ2) is 3.56. The summed E-state index contributed by atoms with van der Waals surface area (Å²) in [5, 5.41) is 9.83. The van der Waals surface area contributed by atoms with Crippen molar-refractivity contribution in [2.24, 2.45) is 0 Å². The lowest BCUT2D eigenvalue weighted by Crippen LogP contribution is -2.43. The monoisotopic (exact) mass is 227 g/mol. The van der Waals surface area contributed by atoms with Gasteiger partial charge in [-0.25, -0.2) is 0 Å². The highest BCUT2D eigenvalue weighted by Gasteiger charge is 2.57. The predicted octanol–water partition coefficient (Wildman–Crippen LogP) is 2.96. The molecule has 0 saturated heterocycles. The van der Waals surface area contributed by atoms with E-state index >= 15 is 0 Å². The molecule has 2 nitrogen and oxygen atoms in total. The van der Waals surface area contributed by atoms with Crippen molar-refractivity contribution in [1.82, 2.24) is 0 Å². The van der Waals surface area contributed by atoms with Crippen molar-refractivity contribution in [2.75, 3.05) is 5.32 Å². The van der Waals surface area contributed by atoms with Gasteiger partial charge in [0.15, 0.2) is 0 Å². The van der Waals surface area contributed by atoms with Crippen molar-refractivity contribution in [2.45, 2.75) is 12.2 Å². The summed E-state index contributed by atoms with van der Waals surface area (Å²) >= 11 is 0. The summed E-state index contributed by atoms with van der Waals surface area (Å²) in [5.41, 5.74) is -0.516. The van der Waals surface area contributed by atoms with Crippen molar-refractivity contribution < 1.29 is 27.1 Å². The maximum absolute atomic E-state index is 12.4. The largest absolute Gasteiger partial charge is 0.508 e. The van der Waals surface area contributed by atoms with E-state index in [0.29, 0.717) is 0 Å². The SMILES string of the molecule is Oc1cccc(NC(F)(F)C(F)(F)F)c1. The molecule has 0 aliphatic heterocycles. The van der Waals surface area contributed by atoms with Crippen molar-refractivity contribution in [3.8, 4) is 5.75 Å². The molecule has 0 aliphatic carbocycles. The molecule has 1 aromatic rings. The summed E-state index contributed by atoms with van der Waals surface area (Å²) in [6.07, 6.45) is -5.68. The fourth-order valence-corrected chi connectivity index (χ4v) is 0.836. The zero-order valence-electron chi connectivity index (χ0n) is 7.15. The highest BCUT2D eigenvalue weighted by Crippen LogP contribution is 2.36. The number of aromatic hydroxyl groups is 1. The van der Waals surface area contributed by atoms with Gasteiger partial charge in [0.05, 0.1) is 0 Å². The maximum Gasteiger partial charge on any atom is 0.475 e. The van der Waals surface area contributed by atoms with Gasteiger partial charge in [-0.1, -0.05) is 6.07 Å². The molecule has 0 atom stereocenters. The van der Waals surface area contributed by atoms with Crippen molar-refractivity contribution in [3.63, 3.8) is 0 Å². The highest BCUT2D eigenvalue weighted by atomic mass is 19.4. The number of benzene rings is 1. The number of nitrogens with one attached hydrogen (secondary N) is 1. The molecular weight excluding hydrogens is 221 g/mol. The Bertz CT molecular complexity index is 349. The standard InChI is InChI=1S/C8H6F5NO/c9-7(10,11)8(12,13)14-5-2-1-3-6(15)4-5/h1-4,14-15H. The fourth-order valence-electron chi connectivity index (χ4n) is 0.836. The number of phenolic OH excluding ortho intramolecular Hbond substituents is 1. The Hall–Kier alpha value is -1.53. The van der Waals surface area contributed by atoms with E-state index in [9.17, 15) is 22.0 Å². The number of halogens is 5. The molecule has 0 amide bonds. The van der Waals surface area contributed by atoms with Crippen LogP contribution in [0.2, 0.25) is 0 Å². The first-order chi connectivity index (χ1) is 6.72. The van der Waals surface area contributed by atoms with Crippen molar-refractivity contribution in [1.29, 1.82) is 0 Å². The smallest absolute Gasteiger partial charge is 0.475 e. The van der Waals surface area contributed by atoms with E-state index in [-0.39, 0.29) is 0 Å². The van der Waals surface area contributed by atoms with Gasteiger partial charge < -0.3 is 10.4 Å². The predicted molar refractivity (Wildman–Crippen MR) is 42.7 cm³/mol. The molecule has 0 spiro atoms. The van der Waals surface area contributed by atoms with Crippen LogP contribution in [0.3, 0.4) is 0 Å². The lowest BCUT2D eigenvalue weighted by molar-refractivity contribution is -0.268. The van der Waals surface area contributed by atoms with Gasteiger partial charge in [-0.2, -0.15) is 22.0 Å². The first-order valence-corrected chi connectivity index (χ1v) is 3.74. The van der Waals surface area contributed by atoms with Crippen LogP contribution in [0.1, 0.15) is 0 Å². The zero-order valence-corrected chi connectivity index (χ0v) is 7.15. The van der Waals surface area contributed by atoms with E-state index in [0.717, 1.165) is 29.6 Å². The minimum absolute atomic E-state index is 0.405. The number of hydrogen-bond donors (Lipinski definition) is 2. The number of anilines is 1. The fraction of sp³-hybridized carbons (Fsp3) is 0.250. The van der Waals surface area contributed by atoms with Gasteiger partial charge in [0.1, 0.15) is 5.75 Å². The molecule has 0 bridgehead atoms. The second-order valence-electron chi connectivity index (χ2n) is 2.75. The Labute approximate surface area is 81.3 Å². The van der Waals surface area contributed by atoms with Crippen LogP contribution in [0.25, 0.3) is 0 Å². The summed E-state index contributed by atoms with van der Waals surface area (Å²) < 4.78 is 60.1. The van der Waals surface area contributed by atoms with Crippen LogP contribution in [-0.2, 0) is 0 Å². The molecule has 2 N–H and O–H groups in total. The van der Waals surface area contributed by atoms with Gasteiger partial charge in [-0.15, -0.1) is 0 Å². The van der Waals surface area contributed by atoms with E-state index in [2.05, 4.69) is 0 Å². The van der Waals surface area contributed by atoms with Gasteiger partial charge in [0.25, 0.3) is 0 Å². The normalized spacial score (nSPS) is 12.6. The second-order valence-corrected chi connectivity index (χ2v) is 2.75. The van der Waals surface area contributed by atoms with E-state index in [1.807, 2.05) is 0 Å². The van der Waals surface area contributed by atoms with Crippen LogP contribution in [0.15, 0.2) is 24.3 Å². The third-order valence-electron chi connectivity index (χ3n) is 1.50. The molecular formula is C8H6F5NO. The first kappa shape index (κ1) is 11.5. The van der Waals surface area contributed by atoms with E-state index in [1.165, 1.54) is 0 Å². The van der Waals surface area contributed by atoms with Crippen LogP contribution in [0, 0.1) is 0 Å². The highest BCUT2D eigenvalue weighted by molar-refractivity contribution is 5.48. The summed E-state index contributed by atoms with van der Waals surface area (Å²) in [6, 6.07) is -0.985. The number of rotatable bonds is 2. The molecule has 0 aromatic heterocycles. The molecule has 15 heavy (non-hydrogen) atoms. The number of hydrogen-bond acceptors (Lipinski definition) is 2. The third kappa shape index (κ3) is 2.71. The molecule has 0 saturated carbocycles. The summed E-state index contributed by atoms with van der Waals surface area (Å²) in [4.78, 5) is 0. The average molecular weight is 227 g/mol. The van der Waals surface area contributed by atoms with Gasteiger partial charge in [0, 0.05) is 11.8 Å². The molecule has 0 heterocycles. The van der Waals surface area contributed by atoms with E-state index in [4.69, 9.17) is 5.11 Å². The Morgan fingerprint density at radius 2 is 1.67 bits per heavy atom. The molecule has 1 aromatic carbocycles. The number of phenols is 1. The molecule has 7 heteroatoms. The minimum atomic E-state index is -5.68.